The smallest absolute Gasteiger partial charge is 0.407 e. The molecule has 0 unspecified atom stereocenters. The SMILES string of the molecule is CCCCCC[C@@H](O[Si](C)(C)C(C)(C)C)[C@@H]([N+](=O)[O-])C(F)(F)F. The van der Waals surface area contributed by atoms with Gasteiger partial charge in [0.25, 0.3) is 0 Å². The summed E-state index contributed by atoms with van der Waals surface area (Å²) in [4.78, 5) is 9.79. The fourth-order valence-electron chi connectivity index (χ4n) is 2.07. The summed E-state index contributed by atoms with van der Waals surface area (Å²) in [6, 6.07) is -2.65. The van der Waals surface area contributed by atoms with Crippen molar-refractivity contribution in [3.05, 3.63) is 10.1 Å². The van der Waals surface area contributed by atoms with Gasteiger partial charge < -0.3 is 4.43 Å². The van der Waals surface area contributed by atoms with Crippen LogP contribution in [0.1, 0.15) is 59.8 Å². The molecule has 0 radical (unpaired) electrons. The van der Waals surface area contributed by atoms with Crippen molar-refractivity contribution in [2.75, 3.05) is 0 Å². The fourth-order valence-corrected chi connectivity index (χ4v) is 3.43. The lowest BCUT2D eigenvalue weighted by Gasteiger charge is -2.39. The normalized spacial score (nSPS) is 16.2. The molecule has 138 valence electrons. The highest BCUT2D eigenvalue weighted by Gasteiger charge is 2.56. The van der Waals surface area contributed by atoms with Crippen LogP contribution < -0.4 is 0 Å². The molecule has 8 heteroatoms. The molecule has 0 bridgehead atoms. The van der Waals surface area contributed by atoms with Crippen molar-refractivity contribution >= 4 is 8.32 Å². The fraction of sp³-hybridized carbons (Fsp3) is 1.00. The van der Waals surface area contributed by atoms with Gasteiger partial charge in [0, 0.05) is 4.92 Å². The Bertz CT molecular complexity index is 381. The van der Waals surface area contributed by atoms with Crippen molar-refractivity contribution in [1.29, 1.82) is 0 Å². The van der Waals surface area contributed by atoms with E-state index in [0.717, 1.165) is 19.3 Å². The Balaban J connectivity index is 5.33. The maximum absolute atomic E-state index is 13.2. The van der Waals surface area contributed by atoms with Gasteiger partial charge in [0.15, 0.2) is 8.32 Å². The van der Waals surface area contributed by atoms with Gasteiger partial charge in [-0.3, -0.25) is 10.1 Å². The highest BCUT2D eigenvalue weighted by atomic mass is 28.4. The molecule has 0 spiro atoms. The van der Waals surface area contributed by atoms with Gasteiger partial charge in [-0.15, -0.1) is 0 Å². The molecule has 2 atom stereocenters. The van der Waals surface area contributed by atoms with Crippen LogP contribution in [0.4, 0.5) is 13.2 Å². The Morgan fingerprint density at radius 3 is 2.00 bits per heavy atom. The second kappa shape index (κ2) is 8.46. The molecular formula is C15H30F3NO3Si. The first-order valence-corrected chi connectivity index (χ1v) is 11.0. The quantitative estimate of drug-likeness (QED) is 0.235. The minimum absolute atomic E-state index is 0.0671. The Morgan fingerprint density at radius 2 is 1.65 bits per heavy atom. The van der Waals surface area contributed by atoms with E-state index in [0.29, 0.717) is 6.42 Å². The minimum atomic E-state index is -4.90. The third-order valence-electron chi connectivity index (χ3n) is 4.51. The summed E-state index contributed by atoms with van der Waals surface area (Å²) in [5.41, 5.74) is 0. The second-order valence-corrected chi connectivity index (χ2v) is 12.3. The molecule has 0 heterocycles. The van der Waals surface area contributed by atoms with E-state index in [1.807, 2.05) is 40.8 Å². The van der Waals surface area contributed by atoms with Crippen LogP contribution in [0.15, 0.2) is 0 Å². The van der Waals surface area contributed by atoms with Crippen molar-refractivity contribution in [1.82, 2.24) is 0 Å². The highest BCUT2D eigenvalue weighted by Crippen LogP contribution is 2.40. The summed E-state index contributed by atoms with van der Waals surface area (Å²) >= 11 is 0. The molecule has 0 aliphatic carbocycles. The Morgan fingerprint density at radius 1 is 1.13 bits per heavy atom. The third kappa shape index (κ3) is 7.20. The molecule has 0 saturated heterocycles. The standard InChI is InChI=1S/C15H30F3NO3Si/c1-7-8-9-10-11-12(13(19(20)21)15(16,17)18)22-23(5,6)14(2,3)4/h12-13H,7-11H2,1-6H3/t12-,13-/m1/s1. The summed E-state index contributed by atoms with van der Waals surface area (Å²) in [6.07, 6.45) is -3.13. The number of nitro groups is 1. The number of hydrogen-bond donors (Lipinski definition) is 0. The van der Waals surface area contributed by atoms with Crippen LogP contribution >= 0.6 is 0 Å². The van der Waals surface area contributed by atoms with Crippen LogP contribution in [0.5, 0.6) is 0 Å². The third-order valence-corrected chi connectivity index (χ3v) is 9.01. The largest absolute Gasteiger partial charge is 0.460 e. The lowest BCUT2D eigenvalue weighted by atomic mass is 10.0. The van der Waals surface area contributed by atoms with E-state index >= 15 is 0 Å². The van der Waals surface area contributed by atoms with E-state index in [1.165, 1.54) is 0 Å². The summed E-state index contributed by atoms with van der Waals surface area (Å²) in [6.45, 7) is 11.4. The number of nitrogens with zero attached hydrogens (tertiary/aromatic N) is 1. The van der Waals surface area contributed by atoms with E-state index in [1.54, 1.807) is 0 Å². The molecule has 0 N–H and O–H groups in total. The molecule has 23 heavy (non-hydrogen) atoms. The van der Waals surface area contributed by atoms with Crippen molar-refractivity contribution < 1.29 is 22.5 Å². The second-order valence-electron chi connectivity index (χ2n) is 7.54. The topological polar surface area (TPSA) is 52.4 Å². The number of halogens is 3. The minimum Gasteiger partial charge on any atom is -0.407 e. The monoisotopic (exact) mass is 357 g/mol. The molecule has 4 nitrogen and oxygen atoms in total. The number of alkyl halides is 3. The molecule has 0 amide bonds. The van der Waals surface area contributed by atoms with E-state index in [-0.39, 0.29) is 11.5 Å². The number of rotatable bonds is 9. The van der Waals surface area contributed by atoms with Crippen LogP contribution in [-0.2, 0) is 4.43 Å². The van der Waals surface area contributed by atoms with Crippen LogP contribution in [-0.4, -0.2) is 31.6 Å². The van der Waals surface area contributed by atoms with Crippen molar-refractivity contribution in [3.8, 4) is 0 Å². The first-order chi connectivity index (χ1) is 10.2. The zero-order valence-electron chi connectivity index (χ0n) is 15.0. The van der Waals surface area contributed by atoms with Gasteiger partial charge >= 0.3 is 12.2 Å². The van der Waals surface area contributed by atoms with Gasteiger partial charge in [-0.05, 0) is 24.6 Å². The van der Waals surface area contributed by atoms with Crippen molar-refractivity contribution in [2.24, 2.45) is 0 Å². The van der Waals surface area contributed by atoms with Gasteiger partial charge in [0.1, 0.15) is 6.10 Å². The average molecular weight is 357 g/mol. The zero-order valence-corrected chi connectivity index (χ0v) is 16.0. The molecule has 0 saturated carbocycles. The maximum atomic E-state index is 13.2. The summed E-state index contributed by atoms with van der Waals surface area (Å²) in [5.74, 6) is 0. The summed E-state index contributed by atoms with van der Waals surface area (Å²) in [5, 5.41) is 10.7. The predicted molar refractivity (Wildman–Crippen MR) is 87.7 cm³/mol. The van der Waals surface area contributed by atoms with E-state index < -0.39 is 31.6 Å². The Labute approximate surface area is 138 Å². The van der Waals surface area contributed by atoms with Gasteiger partial charge in [-0.25, -0.2) is 0 Å². The summed E-state index contributed by atoms with van der Waals surface area (Å²) < 4.78 is 45.3. The summed E-state index contributed by atoms with van der Waals surface area (Å²) in [7, 11) is -2.53. The predicted octanol–water partition coefficient (Wildman–Crippen LogP) is 5.55. The van der Waals surface area contributed by atoms with E-state index in [2.05, 4.69) is 0 Å². The lowest BCUT2D eigenvalue weighted by molar-refractivity contribution is -0.573. The number of hydrogen-bond acceptors (Lipinski definition) is 3. The number of unbranched alkanes of at least 4 members (excludes halogenated alkanes) is 3. The van der Waals surface area contributed by atoms with Gasteiger partial charge in [-0.1, -0.05) is 53.4 Å². The average Bonchev–Trinajstić information content (AvgIpc) is 2.30. The first kappa shape index (κ1) is 22.4. The van der Waals surface area contributed by atoms with E-state index in [4.69, 9.17) is 4.43 Å². The van der Waals surface area contributed by atoms with Crippen LogP contribution in [0.2, 0.25) is 18.1 Å². The maximum Gasteiger partial charge on any atom is 0.460 e. The molecule has 0 aromatic carbocycles. The molecule has 0 fully saturated rings. The molecule has 0 aliphatic rings. The van der Waals surface area contributed by atoms with Gasteiger partial charge in [0.2, 0.25) is 0 Å². The van der Waals surface area contributed by atoms with Crippen LogP contribution in [0.25, 0.3) is 0 Å². The van der Waals surface area contributed by atoms with Crippen molar-refractivity contribution in [2.45, 2.75) is 96.3 Å². The Hall–Kier alpha value is -0.633. The first-order valence-electron chi connectivity index (χ1n) is 8.12. The van der Waals surface area contributed by atoms with Crippen LogP contribution in [0, 0.1) is 10.1 Å². The highest BCUT2D eigenvalue weighted by molar-refractivity contribution is 6.74. The lowest BCUT2D eigenvalue weighted by Crippen LogP contribution is -2.53. The van der Waals surface area contributed by atoms with Gasteiger partial charge in [0.05, 0.1) is 0 Å². The molecule has 0 aromatic heterocycles. The molecule has 0 rings (SSSR count). The molecule has 0 aromatic rings. The van der Waals surface area contributed by atoms with Crippen LogP contribution in [0.3, 0.4) is 0 Å². The van der Waals surface area contributed by atoms with E-state index in [9.17, 15) is 23.3 Å². The zero-order chi connectivity index (χ0) is 18.5. The molecule has 0 aliphatic heterocycles. The van der Waals surface area contributed by atoms with Crippen molar-refractivity contribution in [3.63, 3.8) is 0 Å². The molecular weight excluding hydrogens is 327 g/mol. The Kier molecular flexibility index (Phi) is 8.23. The van der Waals surface area contributed by atoms with Gasteiger partial charge in [-0.2, -0.15) is 13.2 Å².